The highest BCUT2D eigenvalue weighted by Gasteiger charge is 2.09. The highest BCUT2D eigenvalue weighted by Crippen LogP contribution is 2.26. The van der Waals surface area contributed by atoms with Crippen LogP contribution in [0.15, 0.2) is 77.4 Å². The second-order valence-electron chi connectivity index (χ2n) is 5.58. The third kappa shape index (κ3) is 3.15. The topological polar surface area (TPSA) is 52.3 Å². The van der Waals surface area contributed by atoms with E-state index in [1.165, 1.54) is 6.08 Å². The fourth-order valence-electron chi connectivity index (χ4n) is 2.81. The van der Waals surface area contributed by atoms with Gasteiger partial charge in [-0.2, -0.15) is 0 Å². The molecule has 0 fully saturated rings. The first-order valence-electron chi connectivity index (χ1n) is 7.96. The molecule has 4 heteroatoms. The summed E-state index contributed by atoms with van der Waals surface area (Å²) in [5, 5.41) is 3.18. The molecule has 0 amide bonds. The number of hydrogen-bond acceptors (Lipinski definition) is 4. The molecule has 2 aromatic heterocycles. The van der Waals surface area contributed by atoms with Crippen LogP contribution in [-0.4, -0.2) is 11.0 Å². The second kappa shape index (κ2) is 6.61. The molecule has 0 unspecified atom stereocenters. The molecule has 25 heavy (non-hydrogen) atoms. The number of esters is 1. The Bertz CT molecular complexity index is 1070. The molecule has 2 heterocycles. The molecule has 0 saturated carbocycles. The molecule has 0 radical (unpaired) electrons. The van der Waals surface area contributed by atoms with Gasteiger partial charge >= 0.3 is 5.97 Å². The maximum Gasteiger partial charge on any atom is 0.331 e. The van der Waals surface area contributed by atoms with Gasteiger partial charge in [0.05, 0.1) is 17.5 Å². The van der Waals surface area contributed by atoms with Crippen molar-refractivity contribution >= 4 is 33.7 Å². The van der Waals surface area contributed by atoms with Gasteiger partial charge in [-0.25, -0.2) is 9.78 Å². The highest BCUT2D eigenvalue weighted by molar-refractivity contribution is 6.06. The fraction of sp³-hybridized carbons (Fsp3) is 0.0476. The van der Waals surface area contributed by atoms with Gasteiger partial charge in [-0.3, -0.25) is 0 Å². The first-order chi connectivity index (χ1) is 12.3. The molecule has 0 atom stereocenters. The van der Waals surface area contributed by atoms with E-state index < -0.39 is 5.97 Å². The molecule has 122 valence electrons. The van der Waals surface area contributed by atoms with Gasteiger partial charge in [0.1, 0.15) is 12.4 Å². The van der Waals surface area contributed by atoms with E-state index in [1.54, 1.807) is 24.5 Å². The Hall–Kier alpha value is -3.40. The van der Waals surface area contributed by atoms with Gasteiger partial charge in [-0.1, -0.05) is 42.5 Å². The van der Waals surface area contributed by atoms with Crippen LogP contribution in [-0.2, 0) is 16.1 Å². The SMILES string of the molecule is O=C(/C=C/c1ccco1)OCc1nc2ccccc2c2ccccc12. The average molecular weight is 329 g/mol. The first kappa shape index (κ1) is 15.1. The number of fused-ring (bicyclic) bond motifs is 3. The number of pyridine rings is 1. The van der Waals surface area contributed by atoms with Crippen LogP contribution in [0.2, 0.25) is 0 Å². The third-order valence-electron chi connectivity index (χ3n) is 3.97. The number of benzene rings is 2. The minimum Gasteiger partial charge on any atom is -0.465 e. The summed E-state index contributed by atoms with van der Waals surface area (Å²) in [4.78, 5) is 16.6. The standard InChI is InChI=1S/C21H15NO3/c23-21(12-11-15-6-5-13-24-15)25-14-20-18-9-2-1-7-16(18)17-8-3-4-10-19(17)22-20/h1-13H,14H2/b12-11+. The van der Waals surface area contributed by atoms with Crippen molar-refractivity contribution in [2.24, 2.45) is 0 Å². The van der Waals surface area contributed by atoms with Crippen LogP contribution in [0.4, 0.5) is 0 Å². The van der Waals surface area contributed by atoms with E-state index in [0.717, 1.165) is 27.4 Å². The highest BCUT2D eigenvalue weighted by atomic mass is 16.5. The lowest BCUT2D eigenvalue weighted by Crippen LogP contribution is -2.03. The molecule has 4 nitrogen and oxygen atoms in total. The fourth-order valence-corrected chi connectivity index (χ4v) is 2.81. The molecule has 0 saturated heterocycles. The minimum atomic E-state index is -0.435. The molecule has 4 rings (SSSR count). The molecule has 4 aromatic rings. The minimum absolute atomic E-state index is 0.118. The van der Waals surface area contributed by atoms with Crippen LogP contribution in [0, 0.1) is 0 Å². The number of carbonyl (C=O) groups is 1. The van der Waals surface area contributed by atoms with Crippen molar-refractivity contribution in [1.82, 2.24) is 4.98 Å². The smallest absolute Gasteiger partial charge is 0.331 e. The number of aromatic nitrogens is 1. The maximum absolute atomic E-state index is 11.9. The Labute approximate surface area is 144 Å². The molecular formula is C21H15NO3. The van der Waals surface area contributed by atoms with Gasteiger partial charge in [0.25, 0.3) is 0 Å². The summed E-state index contributed by atoms with van der Waals surface area (Å²) in [6.07, 6.45) is 4.48. The summed E-state index contributed by atoms with van der Waals surface area (Å²) >= 11 is 0. The zero-order valence-electron chi connectivity index (χ0n) is 13.4. The Morgan fingerprint density at radius 1 is 0.960 bits per heavy atom. The van der Waals surface area contributed by atoms with Gasteiger partial charge < -0.3 is 9.15 Å². The van der Waals surface area contributed by atoms with E-state index in [-0.39, 0.29) is 6.61 Å². The van der Waals surface area contributed by atoms with Crippen LogP contribution in [0.3, 0.4) is 0 Å². The van der Waals surface area contributed by atoms with Gasteiger partial charge in [-0.05, 0) is 29.7 Å². The van der Waals surface area contributed by atoms with Gasteiger partial charge in [0.2, 0.25) is 0 Å². The van der Waals surface area contributed by atoms with Gasteiger partial charge in [-0.15, -0.1) is 0 Å². The lowest BCUT2D eigenvalue weighted by molar-refractivity contribution is -0.138. The van der Waals surface area contributed by atoms with E-state index in [4.69, 9.17) is 9.15 Å². The number of rotatable bonds is 4. The summed E-state index contributed by atoms with van der Waals surface area (Å²) in [5.41, 5.74) is 1.63. The largest absolute Gasteiger partial charge is 0.465 e. The number of hydrogen-bond donors (Lipinski definition) is 0. The Morgan fingerprint density at radius 2 is 1.72 bits per heavy atom. The predicted octanol–water partition coefficient (Wildman–Crippen LogP) is 4.74. The molecule has 0 aliphatic heterocycles. The number of ether oxygens (including phenoxy) is 1. The molecule has 0 aliphatic carbocycles. The Morgan fingerprint density at radius 3 is 2.52 bits per heavy atom. The van der Waals surface area contributed by atoms with Crippen LogP contribution in [0.25, 0.3) is 27.8 Å². The number of furan rings is 1. The van der Waals surface area contributed by atoms with Crippen molar-refractivity contribution in [3.8, 4) is 0 Å². The van der Waals surface area contributed by atoms with E-state index in [1.807, 2.05) is 42.5 Å². The summed E-state index contributed by atoms with van der Waals surface area (Å²) in [5.74, 6) is 0.168. The number of para-hydroxylation sites is 1. The monoisotopic (exact) mass is 329 g/mol. The zero-order valence-corrected chi connectivity index (χ0v) is 13.4. The lowest BCUT2D eigenvalue weighted by atomic mass is 10.0. The van der Waals surface area contributed by atoms with E-state index in [0.29, 0.717) is 5.76 Å². The number of nitrogens with zero attached hydrogens (tertiary/aromatic N) is 1. The Kier molecular flexibility index (Phi) is 4.01. The maximum atomic E-state index is 11.9. The van der Waals surface area contributed by atoms with Crippen molar-refractivity contribution in [2.75, 3.05) is 0 Å². The predicted molar refractivity (Wildman–Crippen MR) is 96.8 cm³/mol. The molecule has 2 aromatic carbocycles. The molecule has 0 N–H and O–H groups in total. The van der Waals surface area contributed by atoms with E-state index >= 15 is 0 Å². The van der Waals surface area contributed by atoms with Gasteiger partial charge in [0, 0.05) is 16.8 Å². The third-order valence-corrected chi connectivity index (χ3v) is 3.97. The van der Waals surface area contributed by atoms with Crippen LogP contribution in [0.1, 0.15) is 11.5 Å². The molecule has 0 aliphatic rings. The van der Waals surface area contributed by atoms with Crippen molar-refractivity contribution < 1.29 is 13.9 Å². The average Bonchev–Trinajstić information content (AvgIpc) is 3.18. The quantitative estimate of drug-likeness (QED) is 0.308. The van der Waals surface area contributed by atoms with Crippen LogP contribution >= 0.6 is 0 Å². The summed E-state index contributed by atoms with van der Waals surface area (Å²) in [6, 6.07) is 19.5. The van der Waals surface area contributed by atoms with Crippen molar-refractivity contribution in [3.05, 3.63) is 84.5 Å². The lowest BCUT2D eigenvalue weighted by Gasteiger charge is -2.09. The van der Waals surface area contributed by atoms with Gasteiger partial charge in [0.15, 0.2) is 0 Å². The van der Waals surface area contributed by atoms with Crippen molar-refractivity contribution in [1.29, 1.82) is 0 Å². The molecule has 0 bridgehead atoms. The summed E-state index contributed by atoms with van der Waals surface area (Å²) in [6.45, 7) is 0.118. The first-order valence-corrected chi connectivity index (χ1v) is 7.96. The zero-order chi connectivity index (χ0) is 17.1. The van der Waals surface area contributed by atoms with Crippen LogP contribution in [0.5, 0.6) is 0 Å². The van der Waals surface area contributed by atoms with E-state index in [2.05, 4.69) is 11.1 Å². The summed E-state index contributed by atoms with van der Waals surface area (Å²) < 4.78 is 10.5. The van der Waals surface area contributed by atoms with Crippen LogP contribution < -0.4 is 0 Å². The van der Waals surface area contributed by atoms with Crippen molar-refractivity contribution in [2.45, 2.75) is 6.61 Å². The summed E-state index contributed by atoms with van der Waals surface area (Å²) in [7, 11) is 0. The van der Waals surface area contributed by atoms with E-state index in [9.17, 15) is 4.79 Å². The second-order valence-corrected chi connectivity index (χ2v) is 5.58. The molecular weight excluding hydrogens is 314 g/mol. The Balaban J connectivity index is 1.61. The molecule has 0 spiro atoms. The number of carbonyl (C=O) groups excluding carboxylic acids is 1. The van der Waals surface area contributed by atoms with Crippen molar-refractivity contribution in [3.63, 3.8) is 0 Å². The normalized spacial score (nSPS) is 11.4.